The Kier molecular flexibility index (Phi) is 5.07. The van der Waals surface area contributed by atoms with E-state index in [1.165, 1.54) is 0 Å². The first-order valence-electron chi connectivity index (χ1n) is 8.45. The predicted molar refractivity (Wildman–Crippen MR) is 97.6 cm³/mol. The molecule has 0 saturated heterocycles. The summed E-state index contributed by atoms with van der Waals surface area (Å²) in [7, 11) is 1.61. The fourth-order valence-corrected chi connectivity index (χ4v) is 2.77. The van der Waals surface area contributed by atoms with E-state index in [4.69, 9.17) is 9.15 Å². The Bertz CT molecular complexity index is 1000. The van der Waals surface area contributed by atoms with E-state index in [1.807, 2.05) is 49.4 Å². The number of benzene rings is 2. The molecule has 5 nitrogen and oxygen atoms in total. The number of nitrogens with zero attached hydrogens (tertiary/aromatic N) is 1. The smallest absolute Gasteiger partial charge is 0.136 e. The first kappa shape index (κ1) is 17.7. The van der Waals surface area contributed by atoms with E-state index in [0.29, 0.717) is 23.1 Å². The standard InChI is InChI=1S/C21H21NO4/c1-4-17(21(23)24)22-18-12-20(14-6-8-15(25-3)9-7-14)26-19-10-5-13(2)11-16(18)19/h5-12,17H,4H2,1-3H3,(H,23,24)/p-1/t17-/m0/s1. The highest BCUT2D eigenvalue weighted by Gasteiger charge is 2.09. The van der Waals surface area contributed by atoms with Crippen molar-refractivity contribution in [3.8, 4) is 17.1 Å². The van der Waals surface area contributed by atoms with Crippen molar-refractivity contribution >= 4 is 16.9 Å². The van der Waals surface area contributed by atoms with Crippen LogP contribution in [0.5, 0.6) is 5.75 Å². The van der Waals surface area contributed by atoms with Crippen LogP contribution in [-0.2, 0) is 4.79 Å². The van der Waals surface area contributed by atoms with Gasteiger partial charge in [-0.3, -0.25) is 4.99 Å². The number of carboxylic acid groups (broad SMARTS) is 1. The molecule has 0 N–H and O–H groups in total. The van der Waals surface area contributed by atoms with Gasteiger partial charge in [-0.2, -0.15) is 0 Å². The quantitative estimate of drug-likeness (QED) is 0.709. The Morgan fingerprint density at radius 3 is 2.54 bits per heavy atom. The van der Waals surface area contributed by atoms with Crippen LogP contribution in [0.25, 0.3) is 22.3 Å². The summed E-state index contributed by atoms with van der Waals surface area (Å²) in [6.07, 6.45) is 0.361. The molecular weight excluding hydrogens is 330 g/mol. The minimum absolute atomic E-state index is 0.361. The molecule has 3 rings (SSSR count). The van der Waals surface area contributed by atoms with Crippen LogP contribution in [-0.4, -0.2) is 19.1 Å². The highest BCUT2D eigenvalue weighted by Crippen LogP contribution is 2.25. The summed E-state index contributed by atoms with van der Waals surface area (Å²) < 4.78 is 11.2. The van der Waals surface area contributed by atoms with Gasteiger partial charge in [0.2, 0.25) is 0 Å². The van der Waals surface area contributed by atoms with Gasteiger partial charge in [0.15, 0.2) is 0 Å². The fourth-order valence-electron chi connectivity index (χ4n) is 2.77. The van der Waals surface area contributed by atoms with Crippen molar-refractivity contribution in [3.05, 3.63) is 59.5 Å². The number of carbonyl (C=O) groups is 1. The second-order valence-electron chi connectivity index (χ2n) is 6.10. The maximum Gasteiger partial charge on any atom is 0.136 e. The summed E-state index contributed by atoms with van der Waals surface area (Å²) in [5.41, 5.74) is 2.55. The average Bonchev–Trinajstić information content (AvgIpc) is 2.65. The van der Waals surface area contributed by atoms with Gasteiger partial charge in [-0.05, 0) is 49.7 Å². The molecule has 0 unspecified atom stereocenters. The van der Waals surface area contributed by atoms with Gasteiger partial charge in [-0.15, -0.1) is 0 Å². The zero-order chi connectivity index (χ0) is 18.7. The van der Waals surface area contributed by atoms with Gasteiger partial charge in [-0.1, -0.05) is 18.6 Å². The van der Waals surface area contributed by atoms with Crippen LogP contribution in [0.3, 0.4) is 0 Å². The molecular formula is C21H20NO4-. The predicted octanol–water partition coefficient (Wildman–Crippen LogP) is 2.85. The van der Waals surface area contributed by atoms with Gasteiger partial charge in [0.05, 0.1) is 24.5 Å². The molecule has 0 amide bonds. The number of rotatable bonds is 5. The maximum absolute atomic E-state index is 11.3. The maximum atomic E-state index is 11.3. The molecule has 1 aromatic heterocycles. The number of methoxy groups -OCH3 is 1. The van der Waals surface area contributed by atoms with Gasteiger partial charge >= 0.3 is 0 Å². The molecule has 0 bridgehead atoms. The van der Waals surface area contributed by atoms with Crippen LogP contribution >= 0.6 is 0 Å². The largest absolute Gasteiger partial charge is 0.548 e. The summed E-state index contributed by atoms with van der Waals surface area (Å²) in [5.74, 6) is 0.175. The number of ether oxygens (including phenoxy) is 1. The number of carbonyl (C=O) groups excluding carboxylic acids is 1. The Morgan fingerprint density at radius 2 is 1.92 bits per heavy atom. The lowest BCUT2D eigenvalue weighted by molar-refractivity contribution is -0.307. The molecule has 134 valence electrons. The zero-order valence-electron chi connectivity index (χ0n) is 15.0. The topological polar surface area (TPSA) is 74.9 Å². The molecule has 0 fully saturated rings. The lowest BCUT2D eigenvalue weighted by atomic mass is 10.1. The van der Waals surface area contributed by atoms with E-state index >= 15 is 0 Å². The van der Waals surface area contributed by atoms with Crippen molar-refractivity contribution in [1.29, 1.82) is 0 Å². The molecule has 2 aromatic carbocycles. The van der Waals surface area contributed by atoms with E-state index < -0.39 is 12.0 Å². The first-order valence-corrected chi connectivity index (χ1v) is 8.45. The Balaban J connectivity index is 2.24. The van der Waals surface area contributed by atoms with Crippen molar-refractivity contribution in [1.82, 2.24) is 0 Å². The number of fused-ring (bicyclic) bond motifs is 1. The number of hydrogen-bond acceptors (Lipinski definition) is 5. The normalized spacial score (nSPS) is 13.0. The molecule has 0 aliphatic carbocycles. The summed E-state index contributed by atoms with van der Waals surface area (Å²) >= 11 is 0. The molecule has 3 aromatic rings. The molecule has 0 aliphatic rings. The molecule has 1 atom stereocenters. The van der Waals surface area contributed by atoms with Gasteiger partial charge in [-0.25, -0.2) is 0 Å². The van der Waals surface area contributed by atoms with E-state index in [-0.39, 0.29) is 0 Å². The molecule has 26 heavy (non-hydrogen) atoms. The van der Waals surface area contributed by atoms with Crippen LogP contribution in [0.1, 0.15) is 18.9 Å². The molecule has 0 spiro atoms. The zero-order valence-corrected chi connectivity index (χ0v) is 15.0. The third-order valence-corrected chi connectivity index (χ3v) is 4.23. The van der Waals surface area contributed by atoms with Gasteiger partial charge < -0.3 is 19.1 Å². The van der Waals surface area contributed by atoms with E-state index in [9.17, 15) is 9.90 Å². The Hall–Kier alpha value is -3.08. The van der Waals surface area contributed by atoms with Crippen molar-refractivity contribution in [3.63, 3.8) is 0 Å². The lowest BCUT2D eigenvalue weighted by Gasteiger charge is -2.12. The highest BCUT2D eigenvalue weighted by molar-refractivity contribution is 5.79. The minimum atomic E-state index is -1.18. The van der Waals surface area contributed by atoms with Crippen molar-refractivity contribution < 1.29 is 19.1 Å². The van der Waals surface area contributed by atoms with Crippen molar-refractivity contribution in [2.24, 2.45) is 4.99 Å². The molecule has 0 saturated carbocycles. The number of hydrogen-bond donors (Lipinski definition) is 0. The highest BCUT2D eigenvalue weighted by atomic mass is 16.5. The fraction of sp³-hybridized carbons (Fsp3) is 0.238. The molecule has 0 aliphatic heterocycles. The van der Waals surface area contributed by atoms with Crippen molar-refractivity contribution in [2.45, 2.75) is 26.3 Å². The third-order valence-electron chi connectivity index (χ3n) is 4.23. The monoisotopic (exact) mass is 350 g/mol. The second-order valence-corrected chi connectivity index (χ2v) is 6.10. The Labute approximate surface area is 151 Å². The molecule has 1 heterocycles. The van der Waals surface area contributed by atoms with E-state index in [2.05, 4.69) is 4.99 Å². The van der Waals surface area contributed by atoms with E-state index in [1.54, 1.807) is 20.1 Å². The second kappa shape index (κ2) is 7.44. The summed E-state index contributed by atoms with van der Waals surface area (Å²) in [6.45, 7) is 3.74. The number of aliphatic carboxylic acids is 1. The van der Waals surface area contributed by atoms with Crippen LogP contribution in [0, 0.1) is 6.92 Å². The van der Waals surface area contributed by atoms with E-state index in [0.717, 1.165) is 22.3 Å². The number of aryl methyl sites for hydroxylation is 1. The van der Waals surface area contributed by atoms with Crippen LogP contribution in [0.15, 0.2) is 57.9 Å². The average molecular weight is 350 g/mol. The van der Waals surface area contributed by atoms with Crippen molar-refractivity contribution in [2.75, 3.05) is 7.11 Å². The Morgan fingerprint density at radius 1 is 1.19 bits per heavy atom. The SMILES string of the molecule is CC[C@H](N=c1cc(-c2ccc(OC)cc2)oc2ccc(C)cc12)C(=O)[O-]. The first-order chi connectivity index (χ1) is 12.5. The minimum Gasteiger partial charge on any atom is -0.548 e. The summed E-state index contributed by atoms with van der Waals surface area (Å²) in [4.78, 5) is 15.7. The molecule has 0 radical (unpaired) electrons. The number of carboxylic acids is 1. The molecule has 5 heteroatoms. The van der Waals surface area contributed by atoms with Gasteiger partial charge in [0.25, 0.3) is 0 Å². The third kappa shape index (κ3) is 3.61. The summed E-state index contributed by atoms with van der Waals surface area (Å²) in [6, 6.07) is 14.1. The van der Waals surface area contributed by atoms with Crippen LogP contribution < -0.4 is 15.2 Å². The lowest BCUT2D eigenvalue weighted by Crippen LogP contribution is -2.35. The van der Waals surface area contributed by atoms with Gasteiger partial charge in [0.1, 0.15) is 17.1 Å². The van der Waals surface area contributed by atoms with Gasteiger partial charge in [0, 0.05) is 17.0 Å². The van der Waals surface area contributed by atoms with Crippen LogP contribution in [0.4, 0.5) is 0 Å². The summed E-state index contributed by atoms with van der Waals surface area (Å²) in [5, 5.41) is 12.7. The van der Waals surface area contributed by atoms with Crippen LogP contribution in [0.2, 0.25) is 0 Å².